The summed E-state index contributed by atoms with van der Waals surface area (Å²) >= 11 is 0. The first-order chi connectivity index (χ1) is 14.2. The Bertz CT molecular complexity index is 770. The summed E-state index contributed by atoms with van der Waals surface area (Å²) in [6.45, 7) is 2.81. The van der Waals surface area contributed by atoms with Crippen LogP contribution in [0.4, 0.5) is 4.79 Å². The number of carbonyl (C=O) groups is 4. The number of rotatable bonds is 5. The second-order valence-corrected chi connectivity index (χ2v) is 8.82. The molecule has 164 valence electrons. The molecule has 2 aliphatic carbocycles. The fourth-order valence-corrected chi connectivity index (χ4v) is 4.81. The summed E-state index contributed by atoms with van der Waals surface area (Å²) < 4.78 is 5.17. The van der Waals surface area contributed by atoms with Gasteiger partial charge in [0.25, 0.3) is 11.8 Å². The zero-order chi connectivity index (χ0) is 21.9. The van der Waals surface area contributed by atoms with Crippen molar-refractivity contribution < 1.29 is 23.9 Å². The molecule has 3 aliphatic rings. The molecule has 0 bridgehead atoms. The molecule has 1 spiro atoms. The van der Waals surface area contributed by atoms with Gasteiger partial charge in [0, 0.05) is 0 Å². The monoisotopic (exact) mass is 418 g/mol. The van der Waals surface area contributed by atoms with Crippen molar-refractivity contribution in [2.45, 2.75) is 88.8 Å². The first-order valence-electron chi connectivity index (χ1n) is 10.8. The Morgan fingerprint density at radius 3 is 2.53 bits per heavy atom. The normalized spacial score (nSPS) is 29.1. The van der Waals surface area contributed by atoms with Crippen LogP contribution in [-0.2, 0) is 19.1 Å². The highest BCUT2D eigenvalue weighted by molar-refractivity contribution is 6.09. The Morgan fingerprint density at radius 2 is 1.90 bits per heavy atom. The van der Waals surface area contributed by atoms with Gasteiger partial charge < -0.3 is 15.4 Å². The predicted octanol–water partition coefficient (Wildman–Crippen LogP) is 1.76. The highest BCUT2D eigenvalue weighted by Crippen LogP contribution is 2.38. The molecule has 2 saturated carbocycles. The molecule has 2 N–H and O–H groups in total. The molecule has 1 saturated heterocycles. The average Bonchev–Trinajstić information content (AvgIpc) is 2.95. The summed E-state index contributed by atoms with van der Waals surface area (Å²) in [7, 11) is 0. The molecular weight excluding hydrogens is 388 g/mol. The minimum absolute atomic E-state index is 0.00825. The van der Waals surface area contributed by atoms with E-state index in [1.807, 2.05) is 6.92 Å². The Kier molecular flexibility index (Phi) is 6.34. The first kappa shape index (κ1) is 22.1. The van der Waals surface area contributed by atoms with Gasteiger partial charge in [-0.1, -0.05) is 39.0 Å². The van der Waals surface area contributed by atoms with E-state index >= 15 is 0 Å². The van der Waals surface area contributed by atoms with Gasteiger partial charge in [-0.3, -0.25) is 19.3 Å². The lowest BCUT2D eigenvalue weighted by Gasteiger charge is -2.36. The van der Waals surface area contributed by atoms with Gasteiger partial charge in [-0.05, 0) is 38.5 Å². The molecule has 0 unspecified atom stereocenters. The van der Waals surface area contributed by atoms with E-state index in [0.717, 1.165) is 43.4 Å². The number of ether oxygens (including phenoxy) is 1. The number of imide groups is 1. The maximum Gasteiger partial charge on any atom is 0.327 e. The van der Waals surface area contributed by atoms with Crippen molar-refractivity contribution in [1.29, 1.82) is 5.26 Å². The summed E-state index contributed by atoms with van der Waals surface area (Å²) in [4.78, 5) is 51.0. The Balaban J connectivity index is 1.57. The van der Waals surface area contributed by atoms with Gasteiger partial charge in [-0.2, -0.15) is 5.26 Å². The number of esters is 1. The average molecular weight is 418 g/mol. The predicted molar refractivity (Wildman–Crippen MR) is 106 cm³/mol. The van der Waals surface area contributed by atoms with Crippen LogP contribution in [0, 0.1) is 17.2 Å². The van der Waals surface area contributed by atoms with Crippen molar-refractivity contribution in [1.82, 2.24) is 15.5 Å². The standard InChI is InChI=1S/C21H30N4O5/c1-14-8-4-7-11-21(14)18(28)25(19(29)24-21)12-16(26)30-15(2)17(27)23-20(13-22)9-5-3-6-10-20/h14-15H,3-12H2,1-2H3,(H,23,27)(H,24,29)/t14-,15+,21-/m1/s1. The molecule has 3 fully saturated rings. The summed E-state index contributed by atoms with van der Waals surface area (Å²) in [5.41, 5.74) is -1.87. The quantitative estimate of drug-likeness (QED) is 0.517. The third-order valence-corrected chi connectivity index (χ3v) is 6.75. The number of carbonyl (C=O) groups excluding carboxylic acids is 4. The fraction of sp³-hybridized carbons (Fsp3) is 0.762. The summed E-state index contributed by atoms with van der Waals surface area (Å²) in [5, 5.41) is 15.0. The van der Waals surface area contributed by atoms with Crippen LogP contribution in [0.5, 0.6) is 0 Å². The third-order valence-electron chi connectivity index (χ3n) is 6.75. The topological polar surface area (TPSA) is 129 Å². The lowest BCUT2D eigenvalue weighted by atomic mass is 9.73. The molecule has 9 heteroatoms. The third kappa shape index (κ3) is 4.13. The Labute approximate surface area is 176 Å². The molecule has 30 heavy (non-hydrogen) atoms. The van der Waals surface area contributed by atoms with Crippen molar-refractivity contribution in [3.05, 3.63) is 0 Å². The molecular formula is C21H30N4O5. The molecule has 0 radical (unpaired) electrons. The smallest absolute Gasteiger partial charge is 0.327 e. The molecule has 0 aromatic carbocycles. The molecule has 1 heterocycles. The van der Waals surface area contributed by atoms with E-state index in [0.29, 0.717) is 19.3 Å². The zero-order valence-electron chi connectivity index (χ0n) is 17.7. The van der Waals surface area contributed by atoms with Crippen molar-refractivity contribution in [3.63, 3.8) is 0 Å². The van der Waals surface area contributed by atoms with Gasteiger partial charge in [-0.15, -0.1) is 0 Å². The number of nitriles is 1. The van der Waals surface area contributed by atoms with Crippen molar-refractivity contribution in [2.75, 3.05) is 6.54 Å². The number of nitrogens with one attached hydrogen (secondary N) is 2. The Hall–Kier alpha value is -2.63. The highest BCUT2D eigenvalue weighted by Gasteiger charge is 2.55. The van der Waals surface area contributed by atoms with Gasteiger partial charge in [0.2, 0.25) is 0 Å². The number of hydrogen-bond donors (Lipinski definition) is 2. The van der Waals surface area contributed by atoms with Crippen molar-refractivity contribution in [3.8, 4) is 6.07 Å². The highest BCUT2D eigenvalue weighted by atomic mass is 16.5. The van der Waals surface area contributed by atoms with Gasteiger partial charge in [0.1, 0.15) is 17.6 Å². The largest absolute Gasteiger partial charge is 0.451 e. The van der Waals surface area contributed by atoms with Crippen molar-refractivity contribution >= 4 is 23.8 Å². The van der Waals surface area contributed by atoms with Crippen LogP contribution in [0.25, 0.3) is 0 Å². The van der Waals surface area contributed by atoms with E-state index in [2.05, 4.69) is 16.7 Å². The van der Waals surface area contributed by atoms with Crippen LogP contribution < -0.4 is 10.6 Å². The number of urea groups is 1. The maximum atomic E-state index is 12.9. The molecule has 0 aromatic heterocycles. The molecule has 3 atom stereocenters. The first-order valence-corrected chi connectivity index (χ1v) is 10.8. The van der Waals surface area contributed by atoms with Gasteiger partial charge in [0.15, 0.2) is 6.10 Å². The van der Waals surface area contributed by atoms with Gasteiger partial charge in [0.05, 0.1) is 6.07 Å². The SMILES string of the molecule is C[C@H](OC(=O)CN1C(=O)N[C@@]2(CCCC[C@H]2C)C1=O)C(=O)NC1(C#N)CCCCC1. The molecule has 3 rings (SSSR count). The van der Waals surface area contributed by atoms with Gasteiger partial charge >= 0.3 is 12.0 Å². The number of nitrogens with zero attached hydrogens (tertiary/aromatic N) is 2. The molecule has 9 nitrogen and oxygen atoms in total. The molecule has 0 aromatic rings. The van der Waals surface area contributed by atoms with Crippen LogP contribution >= 0.6 is 0 Å². The van der Waals surface area contributed by atoms with Crippen LogP contribution in [0.15, 0.2) is 0 Å². The Morgan fingerprint density at radius 1 is 1.23 bits per heavy atom. The summed E-state index contributed by atoms with van der Waals surface area (Å²) in [6.07, 6.45) is 5.97. The van der Waals surface area contributed by atoms with Crippen LogP contribution in [0.2, 0.25) is 0 Å². The lowest BCUT2D eigenvalue weighted by Crippen LogP contribution is -2.54. The van der Waals surface area contributed by atoms with E-state index in [1.165, 1.54) is 6.92 Å². The lowest BCUT2D eigenvalue weighted by molar-refractivity contribution is -0.157. The van der Waals surface area contributed by atoms with Crippen molar-refractivity contribution in [2.24, 2.45) is 5.92 Å². The summed E-state index contributed by atoms with van der Waals surface area (Å²) in [6, 6.07) is 1.58. The van der Waals surface area contributed by atoms with Crippen LogP contribution in [-0.4, -0.2) is 52.4 Å². The summed E-state index contributed by atoms with van der Waals surface area (Å²) in [5.74, 6) is -1.80. The second kappa shape index (κ2) is 8.62. The molecule has 4 amide bonds. The van der Waals surface area contributed by atoms with Crippen LogP contribution in [0.3, 0.4) is 0 Å². The molecule has 1 aliphatic heterocycles. The van der Waals surface area contributed by atoms with Crippen LogP contribution in [0.1, 0.15) is 71.6 Å². The van der Waals surface area contributed by atoms with E-state index in [-0.39, 0.29) is 5.92 Å². The van der Waals surface area contributed by atoms with E-state index < -0.39 is 47.5 Å². The van der Waals surface area contributed by atoms with Gasteiger partial charge in [-0.25, -0.2) is 4.79 Å². The minimum atomic E-state index is -1.13. The number of amides is 4. The number of hydrogen-bond acceptors (Lipinski definition) is 6. The van der Waals surface area contributed by atoms with E-state index in [4.69, 9.17) is 4.74 Å². The maximum absolute atomic E-state index is 12.9. The van der Waals surface area contributed by atoms with E-state index in [9.17, 15) is 24.4 Å². The zero-order valence-corrected chi connectivity index (χ0v) is 17.7. The minimum Gasteiger partial charge on any atom is -0.451 e. The second-order valence-electron chi connectivity index (χ2n) is 8.82. The van der Waals surface area contributed by atoms with E-state index in [1.54, 1.807) is 0 Å². The fourth-order valence-electron chi connectivity index (χ4n) is 4.81.